The quantitative estimate of drug-likeness (QED) is 0.652. The molecule has 98 valence electrons. The van der Waals surface area contributed by atoms with Crippen LogP contribution in [-0.2, 0) is 4.79 Å². The number of nitrogens with zero attached hydrogens (tertiary/aromatic N) is 2. The van der Waals surface area contributed by atoms with Gasteiger partial charge in [-0.3, -0.25) is 9.69 Å². The van der Waals surface area contributed by atoms with Crippen molar-refractivity contribution in [2.75, 3.05) is 19.6 Å². The second-order valence-corrected chi connectivity index (χ2v) is 6.42. The normalized spacial score (nSPS) is 40.0. The molecule has 0 aromatic heterocycles. The van der Waals surface area contributed by atoms with Crippen LogP contribution in [0.5, 0.6) is 0 Å². The molecule has 0 spiro atoms. The molecule has 2 bridgehead atoms. The number of fused-ring (bicyclic) bond motifs is 6. The van der Waals surface area contributed by atoms with Crippen molar-refractivity contribution >= 4 is 5.91 Å². The van der Waals surface area contributed by atoms with Crippen molar-refractivity contribution in [2.45, 2.75) is 44.6 Å². The Morgan fingerprint density at radius 2 is 2.17 bits per heavy atom. The van der Waals surface area contributed by atoms with Gasteiger partial charge in [0, 0.05) is 37.2 Å². The molecule has 4 aliphatic heterocycles. The summed E-state index contributed by atoms with van der Waals surface area (Å²) >= 11 is 0. The molecule has 3 atom stereocenters. The number of allylic oxidation sites excluding steroid dienone is 1. The summed E-state index contributed by atoms with van der Waals surface area (Å²) in [6.07, 6.45) is 9.49. The van der Waals surface area contributed by atoms with Gasteiger partial charge in [-0.2, -0.15) is 0 Å². The zero-order valence-electron chi connectivity index (χ0n) is 11.0. The van der Waals surface area contributed by atoms with E-state index in [1.165, 1.54) is 44.5 Å². The third kappa shape index (κ3) is 1.56. The maximum Gasteiger partial charge on any atom is 0.227 e. The van der Waals surface area contributed by atoms with Gasteiger partial charge in [0.15, 0.2) is 0 Å². The molecule has 0 aliphatic carbocycles. The van der Waals surface area contributed by atoms with Crippen LogP contribution in [0.1, 0.15) is 38.5 Å². The SMILES string of the molecule is O=C1CCC=C2[C@H]3C[C@@H](CN12)[C@@H]1CCCCN1C3. The smallest absolute Gasteiger partial charge is 0.227 e. The Kier molecular flexibility index (Phi) is 2.51. The Morgan fingerprint density at radius 1 is 1.22 bits per heavy atom. The Balaban J connectivity index is 1.65. The topological polar surface area (TPSA) is 23.6 Å². The third-order valence-corrected chi connectivity index (χ3v) is 5.41. The van der Waals surface area contributed by atoms with E-state index in [9.17, 15) is 4.79 Å². The molecule has 18 heavy (non-hydrogen) atoms. The van der Waals surface area contributed by atoms with Gasteiger partial charge in [0.2, 0.25) is 5.91 Å². The maximum atomic E-state index is 12.1. The molecular weight excluding hydrogens is 224 g/mol. The monoisotopic (exact) mass is 246 g/mol. The fraction of sp³-hybridized carbons (Fsp3) is 0.800. The largest absolute Gasteiger partial charge is 0.316 e. The first kappa shape index (κ1) is 11.0. The van der Waals surface area contributed by atoms with Crippen LogP contribution in [0.4, 0.5) is 0 Å². The van der Waals surface area contributed by atoms with E-state index in [0.29, 0.717) is 11.8 Å². The Bertz CT molecular complexity index is 403. The minimum absolute atomic E-state index is 0.381. The molecule has 4 aliphatic rings. The summed E-state index contributed by atoms with van der Waals surface area (Å²) in [5.74, 6) is 1.76. The third-order valence-electron chi connectivity index (χ3n) is 5.41. The van der Waals surface area contributed by atoms with Crippen molar-refractivity contribution in [1.82, 2.24) is 9.80 Å². The summed E-state index contributed by atoms with van der Waals surface area (Å²) in [5.41, 5.74) is 1.37. The van der Waals surface area contributed by atoms with E-state index in [2.05, 4.69) is 15.9 Å². The van der Waals surface area contributed by atoms with E-state index in [-0.39, 0.29) is 0 Å². The fourth-order valence-corrected chi connectivity index (χ4v) is 4.63. The molecule has 0 radical (unpaired) electrons. The lowest BCUT2D eigenvalue weighted by Gasteiger charge is -2.54. The van der Waals surface area contributed by atoms with Crippen molar-refractivity contribution in [3.8, 4) is 0 Å². The van der Waals surface area contributed by atoms with E-state index in [0.717, 1.165) is 31.3 Å². The van der Waals surface area contributed by atoms with Gasteiger partial charge in [-0.05, 0) is 38.1 Å². The second kappa shape index (κ2) is 4.09. The number of hydrogen-bond donors (Lipinski definition) is 0. The highest BCUT2D eigenvalue weighted by molar-refractivity contribution is 5.79. The van der Waals surface area contributed by atoms with Crippen molar-refractivity contribution < 1.29 is 4.79 Å². The summed E-state index contributed by atoms with van der Waals surface area (Å²) in [6, 6.07) is 0.770. The molecule has 4 rings (SSSR count). The van der Waals surface area contributed by atoms with E-state index in [1.54, 1.807) is 0 Å². The van der Waals surface area contributed by atoms with Gasteiger partial charge >= 0.3 is 0 Å². The van der Waals surface area contributed by atoms with E-state index >= 15 is 0 Å². The van der Waals surface area contributed by atoms with Gasteiger partial charge in [0.1, 0.15) is 0 Å². The molecule has 1 amide bonds. The summed E-state index contributed by atoms with van der Waals surface area (Å²) in [5, 5.41) is 0. The summed E-state index contributed by atoms with van der Waals surface area (Å²) < 4.78 is 0. The molecule has 0 N–H and O–H groups in total. The number of rotatable bonds is 0. The average molecular weight is 246 g/mol. The summed E-state index contributed by atoms with van der Waals surface area (Å²) in [7, 11) is 0. The van der Waals surface area contributed by atoms with Crippen LogP contribution < -0.4 is 0 Å². The number of carbonyl (C=O) groups is 1. The molecule has 4 heterocycles. The molecule has 3 nitrogen and oxygen atoms in total. The highest BCUT2D eigenvalue weighted by atomic mass is 16.2. The minimum atomic E-state index is 0.381. The summed E-state index contributed by atoms with van der Waals surface area (Å²) in [6.45, 7) is 3.50. The molecule has 3 heteroatoms. The van der Waals surface area contributed by atoms with Crippen LogP contribution in [0.3, 0.4) is 0 Å². The van der Waals surface area contributed by atoms with Crippen molar-refractivity contribution in [3.63, 3.8) is 0 Å². The van der Waals surface area contributed by atoms with Gasteiger partial charge in [-0.25, -0.2) is 0 Å². The standard InChI is InChI=1S/C15H22N2O/c18-15-6-3-5-14-11-8-12(10-17(14)15)13-4-1-2-7-16(13)9-11/h5,11-13H,1-4,6-10H2/t11-,12-,13-/m0/s1. The predicted molar refractivity (Wildman–Crippen MR) is 69.8 cm³/mol. The minimum Gasteiger partial charge on any atom is -0.316 e. The highest BCUT2D eigenvalue weighted by Gasteiger charge is 2.45. The first-order valence-electron chi connectivity index (χ1n) is 7.57. The number of amides is 1. The average Bonchev–Trinajstić information content (AvgIpc) is 2.40. The van der Waals surface area contributed by atoms with Crippen molar-refractivity contribution in [1.29, 1.82) is 0 Å². The lowest BCUT2D eigenvalue weighted by molar-refractivity contribution is -0.134. The zero-order chi connectivity index (χ0) is 12.1. The van der Waals surface area contributed by atoms with E-state index in [4.69, 9.17) is 0 Å². The van der Waals surface area contributed by atoms with Gasteiger partial charge < -0.3 is 4.90 Å². The summed E-state index contributed by atoms with van der Waals surface area (Å²) in [4.78, 5) is 16.9. The first-order chi connectivity index (χ1) is 8.83. The maximum absolute atomic E-state index is 12.1. The van der Waals surface area contributed by atoms with E-state index in [1.807, 2.05) is 0 Å². The number of hydrogen-bond acceptors (Lipinski definition) is 2. The number of piperidine rings is 3. The lowest BCUT2D eigenvalue weighted by Crippen LogP contribution is -2.59. The fourth-order valence-electron chi connectivity index (χ4n) is 4.63. The van der Waals surface area contributed by atoms with Crippen LogP contribution in [0.2, 0.25) is 0 Å². The van der Waals surface area contributed by atoms with Gasteiger partial charge in [-0.15, -0.1) is 0 Å². The number of carbonyl (C=O) groups excluding carboxylic acids is 1. The predicted octanol–water partition coefficient (Wildman–Crippen LogP) is 2.00. The van der Waals surface area contributed by atoms with Crippen LogP contribution >= 0.6 is 0 Å². The van der Waals surface area contributed by atoms with Crippen LogP contribution in [-0.4, -0.2) is 41.4 Å². The first-order valence-corrected chi connectivity index (χ1v) is 7.57. The highest BCUT2D eigenvalue weighted by Crippen LogP contribution is 2.43. The van der Waals surface area contributed by atoms with Crippen LogP contribution in [0, 0.1) is 11.8 Å². The van der Waals surface area contributed by atoms with Gasteiger partial charge in [0.25, 0.3) is 0 Å². The molecule has 0 aromatic carbocycles. The van der Waals surface area contributed by atoms with Gasteiger partial charge in [-0.1, -0.05) is 12.5 Å². The van der Waals surface area contributed by atoms with Crippen LogP contribution in [0.25, 0.3) is 0 Å². The Labute approximate surface area is 109 Å². The lowest BCUT2D eigenvalue weighted by atomic mass is 9.74. The molecule has 0 unspecified atom stereocenters. The molecular formula is C15H22N2O. The second-order valence-electron chi connectivity index (χ2n) is 6.42. The van der Waals surface area contributed by atoms with Gasteiger partial charge in [0.05, 0.1) is 0 Å². The molecule has 0 saturated carbocycles. The molecule has 0 aromatic rings. The zero-order valence-corrected chi connectivity index (χ0v) is 11.0. The Hall–Kier alpha value is -0.830. The molecule has 3 fully saturated rings. The van der Waals surface area contributed by atoms with E-state index < -0.39 is 0 Å². The van der Waals surface area contributed by atoms with Crippen molar-refractivity contribution in [2.24, 2.45) is 11.8 Å². The Morgan fingerprint density at radius 3 is 3.11 bits per heavy atom. The van der Waals surface area contributed by atoms with Crippen LogP contribution in [0.15, 0.2) is 11.8 Å². The molecule has 3 saturated heterocycles. The van der Waals surface area contributed by atoms with Crippen molar-refractivity contribution in [3.05, 3.63) is 11.8 Å².